The molecule has 1 aromatic heterocycles. The molecule has 0 unspecified atom stereocenters. The first kappa shape index (κ1) is 17.5. The first-order chi connectivity index (χ1) is 11.7. The highest BCUT2D eigenvalue weighted by molar-refractivity contribution is 7.92. The molecule has 2 aromatic rings. The van der Waals surface area contributed by atoms with E-state index < -0.39 is 10.0 Å². The van der Waals surface area contributed by atoms with E-state index in [1.807, 2.05) is 20.8 Å². The Labute approximate surface area is 147 Å². The molecule has 0 radical (unpaired) electrons. The van der Waals surface area contributed by atoms with E-state index in [1.165, 1.54) is 13.0 Å². The number of nitrogens with zero attached hydrogens (tertiary/aromatic N) is 3. The Morgan fingerprint density at radius 1 is 1.32 bits per heavy atom. The van der Waals surface area contributed by atoms with Crippen LogP contribution in [0.25, 0.3) is 0 Å². The molecule has 8 heteroatoms. The molecule has 0 bridgehead atoms. The highest BCUT2D eigenvalue weighted by Gasteiger charge is 2.30. The number of aromatic nitrogens is 2. The monoisotopic (exact) mass is 362 g/mol. The first-order valence-corrected chi connectivity index (χ1v) is 9.68. The normalized spacial score (nSPS) is 17.0. The Balaban J connectivity index is 1.93. The van der Waals surface area contributed by atoms with Gasteiger partial charge in [-0.25, -0.2) is 13.1 Å². The minimum atomic E-state index is -3.73. The molecular formula is C17H22N4O3S. The van der Waals surface area contributed by atoms with Crippen molar-refractivity contribution in [3.05, 3.63) is 36.0 Å². The molecule has 1 aromatic carbocycles. The third-order valence-electron chi connectivity index (χ3n) is 4.31. The van der Waals surface area contributed by atoms with E-state index in [9.17, 15) is 13.2 Å². The van der Waals surface area contributed by atoms with Crippen molar-refractivity contribution in [2.45, 2.75) is 51.1 Å². The van der Waals surface area contributed by atoms with Crippen LogP contribution < -0.4 is 9.62 Å². The average molecular weight is 362 g/mol. The lowest BCUT2D eigenvalue weighted by Gasteiger charge is -2.20. The van der Waals surface area contributed by atoms with Crippen LogP contribution in [0.2, 0.25) is 0 Å². The number of anilines is 2. The Morgan fingerprint density at radius 2 is 2.04 bits per heavy atom. The summed E-state index contributed by atoms with van der Waals surface area (Å²) in [5, 5.41) is 4.14. The summed E-state index contributed by atoms with van der Waals surface area (Å²) in [7, 11) is -3.73. The molecule has 0 aliphatic carbocycles. The lowest BCUT2D eigenvalue weighted by atomic mass is 10.1. The Kier molecular flexibility index (Phi) is 4.32. The minimum absolute atomic E-state index is 0.0285. The molecular weight excluding hydrogens is 340 g/mol. The number of benzene rings is 1. The van der Waals surface area contributed by atoms with Crippen LogP contribution in [0, 0.1) is 0 Å². The lowest BCUT2D eigenvalue weighted by molar-refractivity contribution is -0.116. The molecule has 0 fully saturated rings. The molecule has 25 heavy (non-hydrogen) atoms. The maximum Gasteiger partial charge on any atom is 0.263 e. The predicted octanol–water partition coefficient (Wildman–Crippen LogP) is 2.56. The van der Waals surface area contributed by atoms with Crippen LogP contribution in [0.1, 0.15) is 39.3 Å². The number of nitrogens with one attached hydrogen (secondary N) is 1. The second-order valence-corrected chi connectivity index (χ2v) is 8.28. The fourth-order valence-electron chi connectivity index (χ4n) is 3.26. The molecule has 0 spiro atoms. The highest BCUT2D eigenvalue weighted by Crippen LogP contribution is 2.34. The summed E-state index contributed by atoms with van der Waals surface area (Å²) in [4.78, 5) is 13.7. The van der Waals surface area contributed by atoms with Gasteiger partial charge < -0.3 is 4.90 Å². The number of fused-ring (bicyclic) bond motifs is 1. The molecule has 3 rings (SSSR count). The second-order valence-electron chi connectivity index (χ2n) is 6.59. The fourth-order valence-corrected chi connectivity index (χ4v) is 4.36. The molecule has 134 valence electrons. The summed E-state index contributed by atoms with van der Waals surface area (Å²) in [5.74, 6) is 0.384. The summed E-state index contributed by atoms with van der Waals surface area (Å²) >= 11 is 0. The molecule has 1 atom stereocenters. The number of hydrogen-bond acceptors (Lipinski definition) is 4. The van der Waals surface area contributed by atoms with Gasteiger partial charge >= 0.3 is 0 Å². The molecule has 0 saturated carbocycles. The number of carbonyl (C=O) groups is 1. The maximum absolute atomic E-state index is 12.7. The zero-order valence-corrected chi connectivity index (χ0v) is 15.5. The lowest BCUT2D eigenvalue weighted by Crippen LogP contribution is -2.33. The molecule has 1 aliphatic heterocycles. The topological polar surface area (TPSA) is 84.3 Å². The van der Waals surface area contributed by atoms with Crippen molar-refractivity contribution < 1.29 is 13.2 Å². The van der Waals surface area contributed by atoms with Gasteiger partial charge in [-0.3, -0.25) is 9.52 Å². The van der Waals surface area contributed by atoms with Gasteiger partial charge in [-0.2, -0.15) is 5.10 Å². The van der Waals surface area contributed by atoms with E-state index in [-0.39, 0.29) is 22.9 Å². The van der Waals surface area contributed by atoms with Gasteiger partial charge in [-0.15, -0.1) is 0 Å². The van der Waals surface area contributed by atoms with Gasteiger partial charge in [-0.05, 0) is 51.0 Å². The molecule has 2 heterocycles. The van der Waals surface area contributed by atoms with Gasteiger partial charge in [0, 0.05) is 30.8 Å². The van der Waals surface area contributed by atoms with E-state index in [0.717, 1.165) is 11.3 Å². The van der Waals surface area contributed by atoms with Crippen molar-refractivity contribution in [1.29, 1.82) is 0 Å². The van der Waals surface area contributed by atoms with Gasteiger partial charge in [0.05, 0.1) is 11.1 Å². The van der Waals surface area contributed by atoms with Crippen LogP contribution in [0.15, 0.2) is 35.4 Å². The smallest absolute Gasteiger partial charge is 0.263 e. The van der Waals surface area contributed by atoms with E-state index in [2.05, 4.69) is 9.82 Å². The van der Waals surface area contributed by atoms with Crippen LogP contribution in [0.5, 0.6) is 0 Å². The third-order valence-corrected chi connectivity index (χ3v) is 5.67. The Bertz CT molecular complexity index is 918. The van der Waals surface area contributed by atoms with E-state index in [1.54, 1.807) is 34.0 Å². The van der Waals surface area contributed by atoms with Crippen LogP contribution in [-0.2, 0) is 21.2 Å². The van der Waals surface area contributed by atoms with E-state index >= 15 is 0 Å². The standard InChI is InChI=1S/C17H22N4O3S/c1-11(2)21-17(7-8-18-21)19-25(23,24)15-5-6-16-14(10-15)9-12(3)20(16)13(4)22/h5-8,10-12,19H,9H2,1-4H3/t12-/m1/s1. The van der Waals surface area contributed by atoms with E-state index in [0.29, 0.717) is 12.2 Å². The predicted molar refractivity (Wildman–Crippen MR) is 96.2 cm³/mol. The van der Waals surface area contributed by atoms with Gasteiger partial charge in [0.1, 0.15) is 5.82 Å². The van der Waals surface area contributed by atoms with Crippen molar-refractivity contribution in [1.82, 2.24) is 9.78 Å². The van der Waals surface area contributed by atoms with E-state index in [4.69, 9.17) is 0 Å². The number of amides is 1. The SMILES string of the molecule is CC(=O)N1c2ccc(S(=O)(=O)Nc3ccnn3C(C)C)cc2C[C@H]1C. The molecule has 7 nitrogen and oxygen atoms in total. The highest BCUT2D eigenvalue weighted by atomic mass is 32.2. The number of rotatable bonds is 4. The largest absolute Gasteiger partial charge is 0.309 e. The first-order valence-electron chi connectivity index (χ1n) is 8.20. The minimum Gasteiger partial charge on any atom is -0.309 e. The number of sulfonamides is 1. The second kappa shape index (κ2) is 6.18. The summed E-state index contributed by atoms with van der Waals surface area (Å²) in [6, 6.07) is 6.58. The third kappa shape index (κ3) is 3.13. The van der Waals surface area contributed by atoms with Crippen molar-refractivity contribution in [3.8, 4) is 0 Å². The Morgan fingerprint density at radius 3 is 2.68 bits per heavy atom. The summed E-state index contributed by atoms with van der Waals surface area (Å²) in [6.45, 7) is 7.33. The quantitative estimate of drug-likeness (QED) is 0.906. The van der Waals surface area contributed by atoms with Gasteiger partial charge in [-0.1, -0.05) is 0 Å². The van der Waals surface area contributed by atoms with Crippen molar-refractivity contribution in [3.63, 3.8) is 0 Å². The van der Waals surface area contributed by atoms with Gasteiger partial charge in [0.15, 0.2) is 0 Å². The van der Waals surface area contributed by atoms with Crippen LogP contribution in [0.4, 0.5) is 11.5 Å². The van der Waals surface area contributed by atoms with Gasteiger partial charge in [0.2, 0.25) is 5.91 Å². The molecule has 1 N–H and O–H groups in total. The maximum atomic E-state index is 12.7. The zero-order chi connectivity index (χ0) is 18.4. The van der Waals surface area contributed by atoms with Crippen LogP contribution >= 0.6 is 0 Å². The fraction of sp³-hybridized carbons (Fsp3) is 0.412. The average Bonchev–Trinajstić information content (AvgIpc) is 3.08. The molecule has 0 saturated heterocycles. The summed E-state index contributed by atoms with van der Waals surface area (Å²) in [5.41, 5.74) is 1.65. The summed E-state index contributed by atoms with van der Waals surface area (Å²) < 4.78 is 29.7. The van der Waals surface area contributed by atoms with Crippen molar-refractivity contribution >= 4 is 27.4 Å². The van der Waals surface area contributed by atoms with Gasteiger partial charge in [0.25, 0.3) is 10.0 Å². The molecule has 1 amide bonds. The number of hydrogen-bond donors (Lipinski definition) is 1. The Hall–Kier alpha value is -2.35. The van der Waals surface area contributed by atoms with Crippen LogP contribution in [0.3, 0.4) is 0 Å². The number of carbonyl (C=O) groups excluding carboxylic acids is 1. The van der Waals surface area contributed by atoms with Crippen molar-refractivity contribution in [2.75, 3.05) is 9.62 Å². The van der Waals surface area contributed by atoms with Crippen molar-refractivity contribution in [2.24, 2.45) is 0 Å². The summed E-state index contributed by atoms with van der Waals surface area (Å²) in [6.07, 6.45) is 2.20. The zero-order valence-electron chi connectivity index (χ0n) is 14.7. The van der Waals surface area contributed by atoms with Crippen LogP contribution in [-0.4, -0.2) is 30.1 Å². The molecule has 1 aliphatic rings.